The molecular formula is C17H26IN5. The second-order valence-electron chi connectivity index (χ2n) is 5.36. The minimum atomic E-state index is 0. The van der Waals surface area contributed by atoms with Gasteiger partial charge in [-0.15, -0.1) is 24.0 Å². The predicted molar refractivity (Wildman–Crippen MR) is 106 cm³/mol. The molecule has 0 saturated heterocycles. The largest absolute Gasteiger partial charge is 0.357 e. The van der Waals surface area contributed by atoms with Crippen LogP contribution in [-0.2, 0) is 13.1 Å². The van der Waals surface area contributed by atoms with Crippen molar-refractivity contribution in [2.75, 3.05) is 20.1 Å². The first-order valence-electron chi connectivity index (χ1n) is 7.71. The van der Waals surface area contributed by atoms with Crippen LogP contribution in [0.5, 0.6) is 0 Å². The molecule has 0 bridgehead atoms. The lowest BCUT2D eigenvalue weighted by Gasteiger charge is -2.22. The maximum absolute atomic E-state index is 4.68. The average molecular weight is 427 g/mol. The van der Waals surface area contributed by atoms with E-state index in [0.29, 0.717) is 6.54 Å². The number of rotatable bonds is 6. The molecule has 2 aromatic rings. The fourth-order valence-electron chi connectivity index (χ4n) is 2.25. The monoisotopic (exact) mass is 427 g/mol. The van der Waals surface area contributed by atoms with E-state index in [1.807, 2.05) is 30.1 Å². The quantitative estimate of drug-likeness (QED) is 0.438. The summed E-state index contributed by atoms with van der Waals surface area (Å²) in [4.78, 5) is 6.83. The van der Waals surface area contributed by atoms with Crippen LogP contribution in [0.4, 0.5) is 0 Å². The summed E-state index contributed by atoms with van der Waals surface area (Å²) in [6.45, 7) is 7.34. The molecule has 0 aliphatic heterocycles. The van der Waals surface area contributed by atoms with Gasteiger partial charge in [-0.05, 0) is 25.0 Å². The Labute approximate surface area is 155 Å². The molecule has 0 aliphatic rings. The molecule has 0 radical (unpaired) electrons. The van der Waals surface area contributed by atoms with Gasteiger partial charge >= 0.3 is 0 Å². The number of nitrogens with one attached hydrogen (secondary N) is 1. The lowest BCUT2D eigenvalue weighted by molar-refractivity contribution is 0.475. The van der Waals surface area contributed by atoms with Gasteiger partial charge in [0.15, 0.2) is 5.96 Å². The molecule has 1 N–H and O–H groups in total. The van der Waals surface area contributed by atoms with Crippen LogP contribution >= 0.6 is 24.0 Å². The highest BCUT2D eigenvalue weighted by Gasteiger charge is 2.06. The molecule has 1 aromatic carbocycles. The molecule has 0 amide bonds. The molecule has 0 atom stereocenters. The van der Waals surface area contributed by atoms with Crippen LogP contribution in [-0.4, -0.2) is 40.8 Å². The van der Waals surface area contributed by atoms with Crippen molar-refractivity contribution in [2.45, 2.75) is 26.9 Å². The third-order valence-electron chi connectivity index (χ3n) is 3.31. The number of aliphatic imine (C=N–C) groups is 1. The molecule has 1 aromatic heterocycles. The van der Waals surface area contributed by atoms with E-state index in [-0.39, 0.29) is 24.0 Å². The van der Waals surface area contributed by atoms with Crippen molar-refractivity contribution < 1.29 is 0 Å². The van der Waals surface area contributed by atoms with E-state index in [1.54, 1.807) is 0 Å². The first kappa shape index (κ1) is 19.5. The molecular weight excluding hydrogens is 401 g/mol. The minimum Gasteiger partial charge on any atom is -0.357 e. The molecule has 0 unspecified atom stereocenters. The Bertz CT molecular complexity index is 594. The van der Waals surface area contributed by atoms with Crippen molar-refractivity contribution in [3.63, 3.8) is 0 Å². The number of hydrogen-bond donors (Lipinski definition) is 1. The molecule has 23 heavy (non-hydrogen) atoms. The first-order chi connectivity index (χ1) is 10.7. The molecule has 1 heterocycles. The van der Waals surface area contributed by atoms with Crippen LogP contribution in [0.15, 0.2) is 47.7 Å². The Hall–Kier alpha value is -1.57. The van der Waals surface area contributed by atoms with Gasteiger partial charge in [-0.1, -0.05) is 30.3 Å². The number of guanidine groups is 1. The van der Waals surface area contributed by atoms with Crippen LogP contribution in [0.3, 0.4) is 0 Å². The van der Waals surface area contributed by atoms with E-state index >= 15 is 0 Å². The zero-order valence-corrected chi connectivity index (χ0v) is 16.4. The van der Waals surface area contributed by atoms with Gasteiger partial charge in [-0.2, -0.15) is 5.10 Å². The number of nitrogens with zero attached hydrogens (tertiary/aromatic N) is 4. The Balaban J connectivity index is 0.00000264. The second-order valence-corrected chi connectivity index (χ2v) is 5.36. The van der Waals surface area contributed by atoms with Crippen LogP contribution in [0.1, 0.15) is 18.1 Å². The van der Waals surface area contributed by atoms with Crippen LogP contribution in [0, 0.1) is 6.92 Å². The second kappa shape index (κ2) is 10.3. The van der Waals surface area contributed by atoms with Crippen LogP contribution < -0.4 is 5.32 Å². The summed E-state index contributed by atoms with van der Waals surface area (Å²) in [5.74, 6) is 0.926. The van der Waals surface area contributed by atoms with Crippen molar-refractivity contribution in [3.05, 3.63) is 53.9 Å². The maximum atomic E-state index is 4.68. The normalized spacial score (nSPS) is 11.0. The summed E-state index contributed by atoms with van der Waals surface area (Å²) < 4.78 is 1.93. The number of aryl methyl sites for hydroxylation is 1. The van der Waals surface area contributed by atoms with Gasteiger partial charge < -0.3 is 10.2 Å². The summed E-state index contributed by atoms with van der Waals surface area (Å²) in [5, 5.41) is 7.62. The zero-order chi connectivity index (χ0) is 15.8. The van der Waals surface area contributed by atoms with Crippen molar-refractivity contribution in [3.8, 4) is 0 Å². The first-order valence-corrected chi connectivity index (χ1v) is 7.71. The molecule has 6 heteroatoms. The molecule has 0 aliphatic carbocycles. The molecule has 0 fully saturated rings. The highest BCUT2D eigenvalue weighted by molar-refractivity contribution is 14.0. The molecule has 126 valence electrons. The number of aromatic nitrogens is 2. The van der Waals surface area contributed by atoms with Gasteiger partial charge in [0, 0.05) is 26.3 Å². The summed E-state index contributed by atoms with van der Waals surface area (Å²) in [7, 11) is 2.06. The van der Waals surface area contributed by atoms with Crippen molar-refractivity contribution in [2.24, 2.45) is 4.99 Å². The molecule has 5 nitrogen and oxygen atoms in total. The highest BCUT2D eigenvalue weighted by atomic mass is 127. The summed E-state index contributed by atoms with van der Waals surface area (Å²) in [6, 6.07) is 10.4. The topological polar surface area (TPSA) is 45.5 Å². The van der Waals surface area contributed by atoms with Gasteiger partial charge in [0.2, 0.25) is 0 Å². The Morgan fingerprint density at radius 2 is 2.04 bits per heavy atom. The Morgan fingerprint density at radius 3 is 2.65 bits per heavy atom. The number of halogens is 1. The maximum Gasteiger partial charge on any atom is 0.194 e. The average Bonchev–Trinajstić information content (AvgIpc) is 2.93. The van der Waals surface area contributed by atoms with E-state index < -0.39 is 0 Å². The summed E-state index contributed by atoms with van der Waals surface area (Å²) in [5.41, 5.74) is 2.45. The van der Waals surface area contributed by atoms with E-state index in [4.69, 9.17) is 0 Å². The molecule has 2 rings (SSSR count). The van der Waals surface area contributed by atoms with E-state index in [2.05, 4.69) is 58.5 Å². The fourth-order valence-corrected chi connectivity index (χ4v) is 2.25. The van der Waals surface area contributed by atoms with Crippen molar-refractivity contribution in [1.82, 2.24) is 20.0 Å². The minimum absolute atomic E-state index is 0. The number of hydrogen-bond acceptors (Lipinski definition) is 2. The van der Waals surface area contributed by atoms with Gasteiger partial charge in [0.25, 0.3) is 0 Å². The van der Waals surface area contributed by atoms with Crippen LogP contribution in [0.2, 0.25) is 0 Å². The predicted octanol–water partition coefficient (Wildman–Crippen LogP) is 2.91. The van der Waals surface area contributed by atoms with Gasteiger partial charge in [-0.25, -0.2) is 0 Å². The Kier molecular flexibility index (Phi) is 8.68. The van der Waals surface area contributed by atoms with E-state index in [9.17, 15) is 0 Å². The smallest absolute Gasteiger partial charge is 0.194 e. The zero-order valence-electron chi connectivity index (χ0n) is 14.1. The standard InChI is InChI=1S/C17H25N5.HI/c1-4-18-17(19-10-11-22-13-15(2)12-20-22)21(3)14-16-8-6-5-7-9-16;/h5-9,12-13H,4,10-11,14H2,1-3H3,(H,18,19);1H. The third-order valence-corrected chi connectivity index (χ3v) is 3.31. The van der Waals surface area contributed by atoms with E-state index in [1.165, 1.54) is 11.1 Å². The summed E-state index contributed by atoms with van der Waals surface area (Å²) >= 11 is 0. The third kappa shape index (κ3) is 6.60. The van der Waals surface area contributed by atoms with Gasteiger partial charge in [-0.3, -0.25) is 9.67 Å². The van der Waals surface area contributed by atoms with Crippen molar-refractivity contribution >= 4 is 29.9 Å². The highest BCUT2D eigenvalue weighted by Crippen LogP contribution is 2.03. The van der Waals surface area contributed by atoms with Crippen molar-refractivity contribution in [1.29, 1.82) is 0 Å². The Morgan fingerprint density at radius 1 is 1.30 bits per heavy atom. The lowest BCUT2D eigenvalue weighted by Crippen LogP contribution is -2.38. The number of benzene rings is 1. The summed E-state index contributed by atoms with van der Waals surface area (Å²) in [6.07, 6.45) is 3.91. The molecule has 0 spiro atoms. The SMILES string of the molecule is CCNC(=NCCn1cc(C)cn1)N(C)Cc1ccccc1.I. The van der Waals surface area contributed by atoms with Gasteiger partial charge in [0.1, 0.15) is 0 Å². The van der Waals surface area contributed by atoms with Crippen LogP contribution in [0.25, 0.3) is 0 Å². The fraction of sp³-hybridized carbons (Fsp3) is 0.412. The lowest BCUT2D eigenvalue weighted by atomic mass is 10.2. The molecule has 0 saturated carbocycles. The van der Waals surface area contributed by atoms with Gasteiger partial charge in [0.05, 0.1) is 19.3 Å². The van der Waals surface area contributed by atoms with E-state index in [0.717, 1.165) is 25.6 Å².